The molecule has 5 atom stereocenters. The van der Waals surface area contributed by atoms with E-state index in [4.69, 9.17) is 0 Å². The van der Waals surface area contributed by atoms with Crippen molar-refractivity contribution in [2.75, 3.05) is 0 Å². The zero-order valence-corrected chi connectivity index (χ0v) is 12.9. The standard InChI is InChI=1S/C17H28O3/c1-4-13(18)10-15-11(2)9-12-7-5-6-8-14(12)17(15,3)16(19)20/h9,12-15,18H,4-8,10H2,1-3H3,(H,19,20)/t12-,13-,14-,15+,17+/m1/s1. The first-order valence-corrected chi connectivity index (χ1v) is 8.01. The van der Waals surface area contributed by atoms with Gasteiger partial charge in [-0.1, -0.05) is 31.4 Å². The molecule has 0 bridgehead atoms. The molecule has 0 spiro atoms. The summed E-state index contributed by atoms with van der Waals surface area (Å²) in [5.41, 5.74) is 0.450. The lowest BCUT2D eigenvalue weighted by Crippen LogP contribution is -2.50. The number of carboxylic acids is 1. The minimum atomic E-state index is -0.722. The van der Waals surface area contributed by atoms with Crippen molar-refractivity contribution < 1.29 is 15.0 Å². The fourth-order valence-corrected chi connectivity index (χ4v) is 4.47. The van der Waals surface area contributed by atoms with Crippen LogP contribution in [0.2, 0.25) is 0 Å². The number of carbonyl (C=O) groups is 1. The van der Waals surface area contributed by atoms with E-state index in [-0.39, 0.29) is 11.8 Å². The second kappa shape index (κ2) is 5.88. The van der Waals surface area contributed by atoms with Gasteiger partial charge in [0.15, 0.2) is 0 Å². The predicted octanol–water partition coefficient (Wildman–Crippen LogP) is 3.62. The Morgan fingerprint density at radius 2 is 2.10 bits per heavy atom. The van der Waals surface area contributed by atoms with Crippen molar-refractivity contribution in [1.82, 2.24) is 0 Å². The predicted molar refractivity (Wildman–Crippen MR) is 79.4 cm³/mol. The van der Waals surface area contributed by atoms with Crippen molar-refractivity contribution in [1.29, 1.82) is 0 Å². The molecule has 0 unspecified atom stereocenters. The van der Waals surface area contributed by atoms with Gasteiger partial charge >= 0.3 is 5.97 Å². The van der Waals surface area contributed by atoms with Crippen molar-refractivity contribution in [2.24, 2.45) is 23.2 Å². The molecule has 0 aromatic carbocycles. The van der Waals surface area contributed by atoms with Crippen LogP contribution in [0.15, 0.2) is 11.6 Å². The number of hydrogen-bond acceptors (Lipinski definition) is 2. The van der Waals surface area contributed by atoms with Gasteiger partial charge in [0.2, 0.25) is 0 Å². The third-order valence-corrected chi connectivity index (χ3v) is 5.78. The number of aliphatic hydroxyl groups excluding tert-OH is 1. The molecule has 0 aromatic rings. The Morgan fingerprint density at radius 1 is 1.45 bits per heavy atom. The summed E-state index contributed by atoms with van der Waals surface area (Å²) < 4.78 is 0. The van der Waals surface area contributed by atoms with E-state index in [1.807, 2.05) is 13.8 Å². The zero-order valence-electron chi connectivity index (χ0n) is 12.9. The highest BCUT2D eigenvalue weighted by Gasteiger charge is 2.53. The Bertz CT molecular complexity index is 401. The molecule has 20 heavy (non-hydrogen) atoms. The molecule has 3 nitrogen and oxygen atoms in total. The SMILES string of the molecule is CC[C@@H](O)C[C@H]1C(C)=C[C@H]2CCCC[C@H]2[C@]1(C)C(=O)O. The van der Waals surface area contributed by atoms with E-state index in [0.29, 0.717) is 18.8 Å². The van der Waals surface area contributed by atoms with Crippen LogP contribution in [0.5, 0.6) is 0 Å². The van der Waals surface area contributed by atoms with E-state index in [1.54, 1.807) is 0 Å². The number of allylic oxidation sites excluding steroid dienone is 2. The van der Waals surface area contributed by atoms with Crippen LogP contribution in [0.25, 0.3) is 0 Å². The monoisotopic (exact) mass is 280 g/mol. The molecule has 1 saturated carbocycles. The second-order valence-electron chi connectivity index (χ2n) is 6.90. The number of hydrogen-bond donors (Lipinski definition) is 2. The van der Waals surface area contributed by atoms with Crippen LogP contribution in [0, 0.1) is 23.2 Å². The lowest BCUT2D eigenvalue weighted by Gasteiger charge is -2.50. The van der Waals surface area contributed by atoms with Gasteiger partial charge in [-0.3, -0.25) is 4.79 Å². The highest BCUT2D eigenvalue weighted by molar-refractivity contribution is 5.76. The Kier molecular flexibility index (Phi) is 4.58. The van der Waals surface area contributed by atoms with Crippen LogP contribution in [-0.2, 0) is 4.79 Å². The number of aliphatic hydroxyl groups is 1. The molecule has 0 aromatic heterocycles. The average Bonchev–Trinajstić information content (AvgIpc) is 2.42. The smallest absolute Gasteiger partial charge is 0.310 e. The fraction of sp³-hybridized carbons (Fsp3) is 0.824. The summed E-state index contributed by atoms with van der Waals surface area (Å²) in [6.07, 6.45) is 7.65. The normalized spacial score (nSPS) is 38.8. The van der Waals surface area contributed by atoms with Gasteiger partial charge in [-0.25, -0.2) is 0 Å². The number of fused-ring (bicyclic) bond motifs is 1. The summed E-state index contributed by atoms with van der Waals surface area (Å²) in [6, 6.07) is 0. The Balaban J connectivity index is 2.38. The minimum absolute atomic E-state index is 0.0331. The summed E-state index contributed by atoms with van der Waals surface area (Å²) >= 11 is 0. The fourth-order valence-electron chi connectivity index (χ4n) is 4.47. The topological polar surface area (TPSA) is 57.5 Å². The van der Waals surface area contributed by atoms with Crippen LogP contribution in [-0.4, -0.2) is 22.3 Å². The molecule has 0 heterocycles. The lowest BCUT2D eigenvalue weighted by molar-refractivity contribution is -0.159. The van der Waals surface area contributed by atoms with Gasteiger partial charge in [0.25, 0.3) is 0 Å². The molecule has 0 amide bonds. The first-order valence-electron chi connectivity index (χ1n) is 8.01. The Labute approximate surface area is 122 Å². The van der Waals surface area contributed by atoms with Gasteiger partial charge < -0.3 is 10.2 Å². The van der Waals surface area contributed by atoms with E-state index in [0.717, 1.165) is 19.3 Å². The van der Waals surface area contributed by atoms with Gasteiger partial charge in [-0.2, -0.15) is 0 Å². The molecular formula is C17H28O3. The van der Waals surface area contributed by atoms with Gasteiger partial charge in [-0.15, -0.1) is 0 Å². The molecule has 2 aliphatic carbocycles. The maximum Gasteiger partial charge on any atom is 0.310 e. The zero-order chi connectivity index (χ0) is 14.9. The molecule has 2 aliphatic rings. The molecule has 0 saturated heterocycles. The molecule has 114 valence electrons. The van der Waals surface area contributed by atoms with Gasteiger partial charge in [0.05, 0.1) is 11.5 Å². The maximum absolute atomic E-state index is 12.0. The summed E-state index contributed by atoms with van der Waals surface area (Å²) in [6.45, 7) is 5.93. The third-order valence-electron chi connectivity index (χ3n) is 5.78. The number of carboxylic acid groups (broad SMARTS) is 1. The van der Waals surface area contributed by atoms with E-state index >= 15 is 0 Å². The van der Waals surface area contributed by atoms with E-state index in [9.17, 15) is 15.0 Å². The highest BCUT2D eigenvalue weighted by atomic mass is 16.4. The number of aliphatic carboxylic acids is 1. The summed E-state index contributed by atoms with van der Waals surface area (Å²) in [7, 11) is 0. The summed E-state index contributed by atoms with van der Waals surface area (Å²) in [5.74, 6) is -0.0733. The van der Waals surface area contributed by atoms with Crippen LogP contribution in [0.4, 0.5) is 0 Å². The average molecular weight is 280 g/mol. The second-order valence-corrected chi connectivity index (χ2v) is 6.90. The third kappa shape index (κ3) is 2.52. The minimum Gasteiger partial charge on any atom is -0.481 e. The van der Waals surface area contributed by atoms with Crippen molar-refractivity contribution in [3.63, 3.8) is 0 Å². The van der Waals surface area contributed by atoms with Crippen molar-refractivity contribution >= 4 is 5.97 Å². The Morgan fingerprint density at radius 3 is 2.70 bits per heavy atom. The summed E-state index contributed by atoms with van der Waals surface area (Å²) in [5, 5.41) is 19.9. The van der Waals surface area contributed by atoms with Crippen LogP contribution in [0.1, 0.15) is 59.3 Å². The van der Waals surface area contributed by atoms with E-state index in [2.05, 4.69) is 13.0 Å². The van der Waals surface area contributed by atoms with Gasteiger partial charge in [0, 0.05) is 0 Å². The lowest BCUT2D eigenvalue weighted by atomic mass is 9.53. The molecule has 1 fully saturated rings. The maximum atomic E-state index is 12.0. The first kappa shape index (κ1) is 15.6. The van der Waals surface area contributed by atoms with Gasteiger partial charge in [0.1, 0.15) is 0 Å². The molecule has 2 rings (SSSR count). The van der Waals surface area contributed by atoms with Gasteiger partial charge in [-0.05, 0) is 57.3 Å². The molecule has 3 heteroatoms. The van der Waals surface area contributed by atoms with Crippen LogP contribution >= 0.6 is 0 Å². The highest BCUT2D eigenvalue weighted by Crippen LogP contribution is 2.54. The summed E-state index contributed by atoms with van der Waals surface area (Å²) in [4.78, 5) is 12.0. The molecule has 0 radical (unpaired) electrons. The van der Waals surface area contributed by atoms with Crippen molar-refractivity contribution in [2.45, 2.75) is 65.4 Å². The quantitative estimate of drug-likeness (QED) is 0.773. The van der Waals surface area contributed by atoms with Crippen LogP contribution in [0.3, 0.4) is 0 Å². The van der Waals surface area contributed by atoms with E-state index < -0.39 is 17.5 Å². The number of rotatable bonds is 4. The first-order chi connectivity index (χ1) is 9.41. The van der Waals surface area contributed by atoms with Crippen molar-refractivity contribution in [3.8, 4) is 0 Å². The van der Waals surface area contributed by atoms with Crippen LogP contribution < -0.4 is 0 Å². The largest absolute Gasteiger partial charge is 0.481 e. The molecule has 0 aliphatic heterocycles. The van der Waals surface area contributed by atoms with E-state index in [1.165, 1.54) is 12.0 Å². The molecule has 2 N–H and O–H groups in total. The Hall–Kier alpha value is -0.830. The van der Waals surface area contributed by atoms with Crippen molar-refractivity contribution in [3.05, 3.63) is 11.6 Å². The molecular weight excluding hydrogens is 252 g/mol.